The van der Waals surface area contributed by atoms with Gasteiger partial charge in [-0.1, -0.05) is 6.92 Å². The Hall–Kier alpha value is -2.45. The number of hydrogen-bond acceptors (Lipinski definition) is 5. The van der Waals surface area contributed by atoms with Crippen molar-refractivity contribution >= 4 is 15.9 Å². The third kappa shape index (κ3) is 4.77. The highest BCUT2D eigenvalue weighted by Gasteiger charge is 2.11. The fourth-order valence-corrected chi connectivity index (χ4v) is 2.64. The Kier molecular flexibility index (Phi) is 5.88. The van der Waals surface area contributed by atoms with Crippen molar-refractivity contribution in [1.29, 1.82) is 0 Å². The van der Waals surface area contributed by atoms with Gasteiger partial charge in [0.25, 0.3) is 5.91 Å². The van der Waals surface area contributed by atoms with Gasteiger partial charge in [0, 0.05) is 12.4 Å². The molecule has 8 heteroatoms. The molecular weight excluding hydrogens is 330 g/mol. The van der Waals surface area contributed by atoms with Crippen molar-refractivity contribution in [3.05, 3.63) is 53.9 Å². The monoisotopic (exact) mass is 349 g/mol. The number of sulfonamides is 1. The third-order valence-electron chi connectivity index (χ3n) is 3.31. The number of amides is 1. The minimum Gasteiger partial charge on any atom is -0.491 e. The molecule has 2 rings (SSSR count). The fraction of sp³-hybridized carbons (Fsp3) is 0.250. The number of rotatable bonds is 7. The number of nitrogens with zero attached hydrogens (tertiary/aromatic N) is 1. The number of carbonyl (C=O) groups is 1. The maximum Gasteiger partial charge on any atom is 0.252 e. The standard InChI is InChI=1S/C16H19N3O4S/c1-2-12-10-14(24(17,21)22)5-6-15(12)23-9-8-19-16(20)13-4-3-7-18-11-13/h3-7,10-11H,2,8-9H2,1H3,(H,19,20)(H2,17,21,22). The molecule has 0 fully saturated rings. The molecule has 128 valence electrons. The molecule has 0 unspecified atom stereocenters. The first-order chi connectivity index (χ1) is 11.4. The lowest BCUT2D eigenvalue weighted by molar-refractivity contribution is 0.0946. The van der Waals surface area contributed by atoms with Crippen molar-refractivity contribution in [2.45, 2.75) is 18.2 Å². The third-order valence-corrected chi connectivity index (χ3v) is 4.22. The fourth-order valence-electron chi connectivity index (χ4n) is 2.07. The first kappa shape index (κ1) is 17.9. The van der Waals surface area contributed by atoms with E-state index in [0.717, 1.165) is 5.56 Å². The number of ether oxygens (including phenoxy) is 1. The summed E-state index contributed by atoms with van der Waals surface area (Å²) in [6.45, 7) is 2.46. The highest BCUT2D eigenvalue weighted by Crippen LogP contribution is 2.22. The number of nitrogens with one attached hydrogen (secondary N) is 1. The van der Waals surface area contributed by atoms with Gasteiger partial charge in [0.2, 0.25) is 10.0 Å². The molecule has 1 aromatic heterocycles. The smallest absolute Gasteiger partial charge is 0.252 e. The second kappa shape index (κ2) is 7.89. The molecule has 0 saturated carbocycles. The lowest BCUT2D eigenvalue weighted by Gasteiger charge is -2.12. The maximum absolute atomic E-state index is 11.8. The maximum atomic E-state index is 11.8. The number of hydrogen-bond donors (Lipinski definition) is 2. The predicted octanol–water partition coefficient (Wildman–Crippen LogP) is 1.10. The minimum absolute atomic E-state index is 0.0524. The largest absolute Gasteiger partial charge is 0.491 e. The molecule has 1 heterocycles. The predicted molar refractivity (Wildman–Crippen MR) is 89.3 cm³/mol. The van der Waals surface area contributed by atoms with Crippen LogP contribution in [0.2, 0.25) is 0 Å². The average Bonchev–Trinajstić information content (AvgIpc) is 2.58. The van der Waals surface area contributed by atoms with E-state index in [2.05, 4.69) is 10.3 Å². The summed E-state index contributed by atoms with van der Waals surface area (Å²) in [5.74, 6) is 0.340. The van der Waals surface area contributed by atoms with Gasteiger partial charge in [-0.15, -0.1) is 0 Å². The number of nitrogens with two attached hydrogens (primary N) is 1. The van der Waals surface area contributed by atoms with Gasteiger partial charge < -0.3 is 10.1 Å². The quantitative estimate of drug-likeness (QED) is 0.727. The number of aromatic nitrogens is 1. The van der Waals surface area contributed by atoms with E-state index >= 15 is 0 Å². The van der Waals surface area contributed by atoms with Crippen molar-refractivity contribution < 1.29 is 17.9 Å². The Morgan fingerprint density at radius 3 is 2.75 bits per heavy atom. The van der Waals surface area contributed by atoms with Gasteiger partial charge in [-0.05, 0) is 42.3 Å². The molecule has 2 aromatic rings. The van der Waals surface area contributed by atoms with Crippen LogP contribution in [0.4, 0.5) is 0 Å². The molecule has 0 aliphatic heterocycles. The van der Waals surface area contributed by atoms with Crippen LogP contribution in [0.25, 0.3) is 0 Å². The summed E-state index contributed by atoms with van der Waals surface area (Å²) in [7, 11) is -3.74. The zero-order valence-corrected chi connectivity index (χ0v) is 14.0. The van der Waals surface area contributed by atoms with Gasteiger partial charge in [-0.25, -0.2) is 13.6 Å². The second-order valence-electron chi connectivity index (χ2n) is 5.01. The van der Waals surface area contributed by atoms with Crippen LogP contribution < -0.4 is 15.2 Å². The molecule has 0 aliphatic carbocycles. The van der Waals surface area contributed by atoms with E-state index in [9.17, 15) is 13.2 Å². The molecule has 0 bridgehead atoms. The van der Waals surface area contributed by atoms with E-state index in [1.165, 1.54) is 18.3 Å². The summed E-state index contributed by atoms with van der Waals surface area (Å²) < 4.78 is 28.3. The Morgan fingerprint density at radius 2 is 2.12 bits per heavy atom. The summed E-state index contributed by atoms with van der Waals surface area (Å²) in [6, 6.07) is 7.83. The second-order valence-corrected chi connectivity index (χ2v) is 6.58. The molecule has 7 nitrogen and oxygen atoms in total. The Bertz CT molecular complexity index is 807. The highest BCUT2D eigenvalue weighted by atomic mass is 32.2. The SMILES string of the molecule is CCc1cc(S(N)(=O)=O)ccc1OCCNC(=O)c1cccnc1. The Labute approximate surface area is 140 Å². The number of primary sulfonamides is 1. The molecule has 0 radical (unpaired) electrons. The van der Waals surface area contributed by atoms with Crippen LogP contribution >= 0.6 is 0 Å². The van der Waals surface area contributed by atoms with Crippen molar-refractivity contribution in [2.75, 3.05) is 13.2 Å². The van der Waals surface area contributed by atoms with Crippen LogP contribution in [0.3, 0.4) is 0 Å². The summed E-state index contributed by atoms with van der Waals surface area (Å²) in [5.41, 5.74) is 1.21. The van der Waals surface area contributed by atoms with Crippen molar-refractivity contribution in [1.82, 2.24) is 10.3 Å². The summed E-state index contributed by atoms with van der Waals surface area (Å²) in [4.78, 5) is 15.8. The lowest BCUT2D eigenvalue weighted by atomic mass is 10.1. The topological polar surface area (TPSA) is 111 Å². The van der Waals surface area contributed by atoms with Crippen LogP contribution in [0, 0.1) is 0 Å². The lowest BCUT2D eigenvalue weighted by Crippen LogP contribution is -2.28. The molecule has 0 spiro atoms. The number of aryl methyl sites for hydroxylation is 1. The molecule has 0 saturated heterocycles. The molecule has 3 N–H and O–H groups in total. The van der Waals surface area contributed by atoms with Crippen LogP contribution in [-0.2, 0) is 16.4 Å². The first-order valence-electron chi connectivity index (χ1n) is 7.38. The van der Waals surface area contributed by atoms with Gasteiger partial charge in [-0.2, -0.15) is 0 Å². The minimum atomic E-state index is -3.74. The molecule has 24 heavy (non-hydrogen) atoms. The zero-order chi connectivity index (χ0) is 17.6. The molecule has 1 aromatic carbocycles. The van der Waals surface area contributed by atoms with Crippen LogP contribution in [0.1, 0.15) is 22.8 Å². The van der Waals surface area contributed by atoms with Gasteiger partial charge in [-0.3, -0.25) is 9.78 Å². The van der Waals surface area contributed by atoms with Crippen molar-refractivity contribution in [3.63, 3.8) is 0 Å². The molecule has 0 atom stereocenters. The number of benzene rings is 1. The van der Waals surface area contributed by atoms with Crippen LogP contribution in [0.15, 0.2) is 47.6 Å². The van der Waals surface area contributed by atoms with Crippen LogP contribution in [0.5, 0.6) is 5.75 Å². The number of pyridine rings is 1. The molecule has 1 amide bonds. The Balaban J connectivity index is 1.91. The highest BCUT2D eigenvalue weighted by molar-refractivity contribution is 7.89. The van der Waals surface area contributed by atoms with Gasteiger partial charge in [0.15, 0.2) is 0 Å². The van der Waals surface area contributed by atoms with Crippen molar-refractivity contribution in [3.8, 4) is 5.75 Å². The van der Waals surface area contributed by atoms with E-state index in [4.69, 9.17) is 9.88 Å². The van der Waals surface area contributed by atoms with Gasteiger partial charge in [0.05, 0.1) is 17.0 Å². The van der Waals surface area contributed by atoms with E-state index < -0.39 is 10.0 Å². The Morgan fingerprint density at radius 1 is 1.33 bits per heavy atom. The zero-order valence-electron chi connectivity index (χ0n) is 13.2. The van der Waals surface area contributed by atoms with E-state index in [1.807, 2.05) is 6.92 Å². The van der Waals surface area contributed by atoms with Crippen molar-refractivity contribution in [2.24, 2.45) is 5.14 Å². The summed E-state index contributed by atoms with van der Waals surface area (Å²) in [5, 5.41) is 7.84. The van der Waals surface area contributed by atoms with E-state index in [1.54, 1.807) is 24.4 Å². The van der Waals surface area contributed by atoms with Gasteiger partial charge >= 0.3 is 0 Å². The molecule has 0 aliphatic rings. The summed E-state index contributed by atoms with van der Waals surface area (Å²) in [6.07, 6.45) is 3.68. The molecular formula is C16H19N3O4S. The number of carbonyl (C=O) groups excluding carboxylic acids is 1. The average molecular weight is 349 g/mol. The first-order valence-corrected chi connectivity index (χ1v) is 8.93. The van der Waals surface area contributed by atoms with Crippen LogP contribution in [-0.4, -0.2) is 32.5 Å². The van der Waals surface area contributed by atoms with E-state index in [0.29, 0.717) is 24.3 Å². The summed E-state index contributed by atoms with van der Waals surface area (Å²) >= 11 is 0. The van der Waals surface area contributed by atoms with Gasteiger partial charge in [0.1, 0.15) is 12.4 Å². The van der Waals surface area contributed by atoms with E-state index in [-0.39, 0.29) is 17.4 Å². The normalized spacial score (nSPS) is 11.1.